The number of carbonyl (C=O) groups is 2. The van der Waals surface area contributed by atoms with E-state index in [2.05, 4.69) is 11.7 Å². The number of hydrogen-bond acceptors (Lipinski definition) is 5. The smallest absolute Gasteiger partial charge is 0.254 e. The van der Waals surface area contributed by atoms with Crippen LogP contribution in [0.5, 0.6) is 0 Å². The van der Waals surface area contributed by atoms with E-state index in [1.807, 2.05) is 24.3 Å². The third-order valence-corrected chi connectivity index (χ3v) is 5.95. The highest BCUT2D eigenvalue weighted by molar-refractivity contribution is 6.03. The van der Waals surface area contributed by atoms with Crippen LogP contribution in [0.1, 0.15) is 34.8 Å². The van der Waals surface area contributed by atoms with Gasteiger partial charge in [-0.1, -0.05) is 30.8 Å². The van der Waals surface area contributed by atoms with Gasteiger partial charge in [-0.15, -0.1) is 0 Å². The maximum absolute atomic E-state index is 12.1. The van der Waals surface area contributed by atoms with Crippen LogP contribution < -0.4 is 11.5 Å². The first-order chi connectivity index (χ1) is 13.9. The van der Waals surface area contributed by atoms with E-state index in [9.17, 15) is 9.59 Å². The van der Waals surface area contributed by atoms with E-state index < -0.39 is 5.91 Å². The first kappa shape index (κ1) is 19.2. The van der Waals surface area contributed by atoms with Crippen LogP contribution in [0, 0.1) is 5.41 Å². The second-order valence-electron chi connectivity index (χ2n) is 8.01. The first-order valence-electron chi connectivity index (χ1n) is 9.55. The number of hydrogen-bond donors (Lipinski definition) is 2. The summed E-state index contributed by atoms with van der Waals surface area (Å²) in [5, 5.41) is 4.66. The molecule has 152 valence electrons. The van der Waals surface area contributed by atoms with Gasteiger partial charge < -0.3 is 21.1 Å². The summed E-state index contributed by atoms with van der Waals surface area (Å²) in [4.78, 5) is 25.6. The average Bonchev–Trinajstić information content (AvgIpc) is 2.97. The van der Waals surface area contributed by atoms with Crippen molar-refractivity contribution >= 4 is 17.6 Å². The van der Waals surface area contributed by atoms with Gasteiger partial charge in [-0.25, -0.2) is 4.68 Å². The zero-order valence-corrected chi connectivity index (χ0v) is 16.4. The summed E-state index contributed by atoms with van der Waals surface area (Å²) in [5.74, 6) is -0.329. The highest BCUT2D eigenvalue weighted by atomic mass is 16.5. The van der Waals surface area contributed by atoms with E-state index in [-0.39, 0.29) is 22.9 Å². The van der Waals surface area contributed by atoms with Crippen molar-refractivity contribution in [2.75, 3.05) is 25.9 Å². The quantitative estimate of drug-likeness (QED) is 0.723. The topological polar surface area (TPSA) is 116 Å². The summed E-state index contributed by atoms with van der Waals surface area (Å²) in [7, 11) is 1.64. The molecule has 0 atom stereocenters. The lowest BCUT2D eigenvalue weighted by molar-refractivity contribution is -0.148. The molecular weight excluding hydrogens is 370 g/mol. The molecule has 1 aliphatic carbocycles. The van der Waals surface area contributed by atoms with Crippen molar-refractivity contribution < 1.29 is 14.3 Å². The van der Waals surface area contributed by atoms with Gasteiger partial charge in [-0.3, -0.25) is 9.59 Å². The van der Waals surface area contributed by atoms with Crippen LogP contribution in [0.4, 0.5) is 5.82 Å². The summed E-state index contributed by atoms with van der Waals surface area (Å²) in [5.41, 5.74) is 14.6. The molecule has 1 aromatic carbocycles. The van der Waals surface area contributed by atoms with Gasteiger partial charge in [0, 0.05) is 31.2 Å². The zero-order chi connectivity index (χ0) is 20.8. The summed E-state index contributed by atoms with van der Waals surface area (Å²) in [6.07, 6.45) is 3.08. The Morgan fingerprint density at radius 2 is 1.97 bits per heavy atom. The highest BCUT2D eigenvalue weighted by Crippen LogP contribution is 2.54. The Balaban J connectivity index is 1.55. The molecule has 2 fully saturated rings. The Morgan fingerprint density at radius 1 is 1.31 bits per heavy atom. The number of aromatic nitrogens is 2. The highest BCUT2D eigenvalue weighted by Gasteiger charge is 2.54. The van der Waals surface area contributed by atoms with Crippen molar-refractivity contribution in [2.45, 2.75) is 25.5 Å². The summed E-state index contributed by atoms with van der Waals surface area (Å²) in [6.45, 7) is 5.50. The number of nitrogens with zero attached hydrogens (tertiary/aromatic N) is 3. The zero-order valence-electron chi connectivity index (χ0n) is 16.4. The fraction of sp³-hybridized carbons (Fsp3) is 0.381. The van der Waals surface area contributed by atoms with Gasteiger partial charge in [0.25, 0.3) is 5.91 Å². The standard InChI is InChI=1S/C21H25N5O3/c1-3-16(27)25-11-21(12-25)8-15(9-21)26-19(22)17(20(23)28)18(24-26)14-6-4-13(5-7-14)10-29-2/h3-7,15H,1,8-12,22H2,2H3,(H2,23,28). The molecule has 0 radical (unpaired) electrons. The van der Waals surface area contributed by atoms with Crippen molar-refractivity contribution in [1.82, 2.24) is 14.7 Å². The predicted octanol–water partition coefficient (Wildman–Crippen LogP) is 1.73. The summed E-state index contributed by atoms with van der Waals surface area (Å²) >= 11 is 0. The minimum absolute atomic E-state index is 0.0344. The van der Waals surface area contributed by atoms with Crippen molar-refractivity contribution in [3.8, 4) is 11.3 Å². The number of nitrogen functional groups attached to an aromatic ring is 1. The molecule has 1 saturated carbocycles. The third-order valence-electron chi connectivity index (χ3n) is 5.95. The normalized spacial score (nSPS) is 17.6. The van der Waals surface area contributed by atoms with E-state index in [0.717, 1.165) is 37.1 Å². The van der Waals surface area contributed by atoms with E-state index in [1.54, 1.807) is 16.7 Å². The molecule has 0 unspecified atom stereocenters. The molecule has 8 heteroatoms. The molecule has 0 bridgehead atoms. The van der Waals surface area contributed by atoms with E-state index in [0.29, 0.717) is 18.1 Å². The molecular formula is C21H25N5O3. The van der Waals surface area contributed by atoms with Gasteiger partial charge in [0.1, 0.15) is 17.1 Å². The van der Waals surface area contributed by atoms with Crippen molar-refractivity contribution in [3.05, 3.63) is 48.0 Å². The molecule has 1 saturated heterocycles. The number of anilines is 1. The van der Waals surface area contributed by atoms with Gasteiger partial charge >= 0.3 is 0 Å². The molecule has 29 heavy (non-hydrogen) atoms. The SMILES string of the molecule is C=CC(=O)N1CC2(CC(n3nc(-c4ccc(COC)cc4)c(C(N)=O)c3N)C2)C1. The molecule has 1 aliphatic heterocycles. The average molecular weight is 395 g/mol. The van der Waals surface area contributed by atoms with Gasteiger partial charge in [0.2, 0.25) is 5.91 Å². The number of nitrogens with two attached hydrogens (primary N) is 2. The minimum Gasteiger partial charge on any atom is -0.383 e. The number of primary amides is 1. The number of carbonyl (C=O) groups excluding carboxylic acids is 2. The maximum Gasteiger partial charge on any atom is 0.254 e. The lowest BCUT2D eigenvalue weighted by atomic mass is 9.60. The van der Waals surface area contributed by atoms with Crippen LogP contribution in [0.25, 0.3) is 11.3 Å². The molecule has 1 aromatic heterocycles. The van der Waals surface area contributed by atoms with Gasteiger partial charge in [-0.2, -0.15) is 5.10 Å². The monoisotopic (exact) mass is 395 g/mol. The van der Waals surface area contributed by atoms with Gasteiger partial charge in [0.05, 0.1) is 12.6 Å². The molecule has 4 rings (SSSR count). The van der Waals surface area contributed by atoms with Crippen LogP contribution in [0.2, 0.25) is 0 Å². The van der Waals surface area contributed by atoms with Crippen LogP contribution in [-0.4, -0.2) is 46.7 Å². The Morgan fingerprint density at radius 3 is 2.52 bits per heavy atom. The number of likely N-dealkylation sites (tertiary alicyclic amines) is 1. The fourth-order valence-corrected chi connectivity index (χ4v) is 4.52. The summed E-state index contributed by atoms with van der Waals surface area (Å²) < 4.78 is 6.86. The Labute approximate surface area is 169 Å². The molecule has 4 N–H and O–H groups in total. The number of benzene rings is 1. The Hall–Kier alpha value is -3.13. The van der Waals surface area contributed by atoms with Crippen LogP contribution in [0.15, 0.2) is 36.9 Å². The lowest BCUT2D eigenvalue weighted by Gasteiger charge is -2.58. The van der Waals surface area contributed by atoms with Crippen LogP contribution in [0.3, 0.4) is 0 Å². The summed E-state index contributed by atoms with van der Waals surface area (Å²) in [6, 6.07) is 7.73. The van der Waals surface area contributed by atoms with E-state index >= 15 is 0 Å². The second kappa shape index (κ2) is 7.04. The van der Waals surface area contributed by atoms with Crippen LogP contribution >= 0.6 is 0 Å². The third kappa shape index (κ3) is 3.19. The Kier molecular flexibility index (Phi) is 4.66. The number of ether oxygens (including phenoxy) is 1. The largest absolute Gasteiger partial charge is 0.383 e. The number of amides is 2. The van der Waals surface area contributed by atoms with Gasteiger partial charge in [0.15, 0.2) is 0 Å². The second-order valence-corrected chi connectivity index (χ2v) is 8.01. The van der Waals surface area contributed by atoms with Crippen molar-refractivity contribution in [3.63, 3.8) is 0 Å². The van der Waals surface area contributed by atoms with E-state index in [1.165, 1.54) is 6.08 Å². The number of rotatable bonds is 6. The number of methoxy groups -OCH3 is 1. The molecule has 2 aromatic rings. The minimum atomic E-state index is -0.592. The molecule has 2 heterocycles. The maximum atomic E-state index is 12.1. The van der Waals surface area contributed by atoms with Crippen LogP contribution in [-0.2, 0) is 16.1 Å². The molecule has 1 spiro atoms. The van der Waals surface area contributed by atoms with E-state index in [4.69, 9.17) is 16.2 Å². The molecule has 8 nitrogen and oxygen atoms in total. The van der Waals surface area contributed by atoms with Crippen molar-refractivity contribution in [1.29, 1.82) is 0 Å². The molecule has 2 amide bonds. The van der Waals surface area contributed by atoms with Crippen molar-refractivity contribution in [2.24, 2.45) is 11.1 Å². The Bertz CT molecular complexity index is 965. The predicted molar refractivity (Wildman–Crippen MR) is 109 cm³/mol. The molecule has 2 aliphatic rings. The fourth-order valence-electron chi connectivity index (χ4n) is 4.52. The first-order valence-corrected chi connectivity index (χ1v) is 9.55. The lowest BCUT2D eigenvalue weighted by Crippen LogP contribution is -2.63. The van der Waals surface area contributed by atoms with Gasteiger partial charge in [-0.05, 0) is 24.5 Å².